The van der Waals surface area contributed by atoms with Crippen LogP contribution in [0.2, 0.25) is 0 Å². The monoisotopic (exact) mass is 279 g/mol. The fourth-order valence-corrected chi connectivity index (χ4v) is 2.67. The molecule has 0 bridgehead atoms. The second-order valence-corrected chi connectivity index (χ2v) is 5.43. The molecule has 1 aromatic carbocycles. The summed E-state index contributed by atoms with van der Waals surface area (Å²) in [6, 6.07) is 6.77. The zero-order valence-electron chi connectivity index (χ0n) is 12.0. The fraction of sp³-hybridized carbons (Fsp3) is 0.533. The molecule has 110 valence electrons. The number of rotatable bonds is 4. The van der Waals surface area contributed by atoms with E-state index in [4.69, 9.17) is 0 Å². The minimum absolute atomic E-state index is 0.166. The van der Waals surface area contributed by atoms with Gasteiger partial charge in [-0.3, -0.25) is 4.79 Å². The van der Waals surface area contributed by atoms with Crippen LogP contribution in [0.15, 0.2) is 24.3 Å². The molecule has 1 fully saturated rings. The van der Waals surface area contributed by atoms with Crippen molar-refractivity contribution in [3.63, 3.8) is 0 Å². The maximum Gasteiger partial charge on any atom is 0.239 e. The van der Waals surface area contributed by atoms with Crippen molar-refractivity contribution in [1.29, 1.82) is 0 Å². The van der Waals surface area contributed by atoms with E-state index >= 15 is 0 Å². The smallest absolute Gasteiger partial charge is 0.239 e. The molecular formula is C15H22FN3O. The van der Waals surface area contributed by atoms with E-state index < -0.39 is 0 Å². The second kappa shape index (κ2) is 6.81. The van der Waals surface area contributed by atoms with Crippen molar-refractivity contribution in [3.8, 4) is 0 Å². The number of carbonyl (C=O) groups is 1. The van der Waals surface area contributed by atoms with Crippen molar-refractivity contribution in [2.45, 2.75) is 45.2 Å². The molecule has 0 aliphatic carbocycles. The lowest BCUT2D eigenvalue weighted by atomic mass is 10.00. The molecule has 5 heteroatoms. The Hall–Kier alpha value is -1.46. The quantitative estimate of drug-likeness (QED) is 0.890. The van der Waals surface area contributed by atoms with Crippen molar-refractivity contribution in [1.82, 2.24) is 10.4 Å². The largest absolute Gasteiger partial charge is 0.325 e. The summed E-state index contributed by atoms with van der Waals surface area (Å²) in [5, 5.41) is 4.83. The van der Waals surface area contributed by atoms with Crippen molar-refractivity contribution >= 4 is 11.6 Å². The van der Waals surface area contributed by atoms with Gasteiger partial charge in [0, 0.05) is 17.8 Å². The standard InChI is InChI=1S/C15H22FN3O/c1-11-5-3-6-12(2)19(11)17-10-15(20)18-14-8-4-7-13(16)9-14/h4,7-9,11-12,17H,3,5-6,10H2,1-2H3,(H,18,20). The van der Waals surface area contributed by atoms with Crippen LogP contribution in [0, 0.1) is 5.82 Å². The van der Waals surface area contributed by atoms with Crippen molar-refractivity contribution < 1.29 is 9.18 Å². The molecule has 1 aromatic rings. The van der Waals surface area contributed by atoms with Gasteiger partial charge in [0.05, 0.1) is 6.54 Å². The Morgan fingerprint density at radius 1 is 1.35 bits per heavy atom. The number of benzene rings is 1. The number of hydrazine groups is 1. The van der Waals surface area contributed by atoms with E-state index in [9.17, 15) is 9.18 Å². The minimum atomic E-state index is -0.353. The third kappa shape index (κ3) is 4.02. The van der Waals surface area contributed by atoms with Crippen LogP contribution in [-0.2, 0) is 4.79 Å². The molecule has 0 radical (unpaired) electrons. The Kier molecular flexibility index (Phi) is 5.09. The topological polar surface area (TPSA) is 44.4 Å². The average Bonchev–Trinajstić information content (AvgIpc) is 2.38. The number of anilines is 1. The van der Waals surface area contributed by atoms with Crippen molar-refractivity contribution in [3.05, 3.63) is 30.1 Å². The van der Waals surface area contributed by atoms with Crippen LogP contribution in [0.1, 0.15) is 33.1 Å². The summed E-state index contributed by atoms with van der Waals surface area (Å²) in [7, 11) is 0. The second-order valence-electron chi connectivity index (χ2n) is 5.43. The van der Waals surface area contributed by atoms with Crippen LogP contribution < -0.4 is 10.7 Å². The average molecular weight is 279 g/mol. The van der Waals surface area contributed by atoms with Crippen LogP contribution in [0.3, 0.4) is 0 Å². The number of hydrogen-bond acceptors (Lipinski definition) is 3. The van der Waals surface area contributed by atoms with Crippen LogP contribution in [-0.4, -0.2) is 29.5 Å². The van der Waals surface area contributed by atoms with Gasteiger partial charge in [0.15, 0.2) is 0 Å². The molecule has 20 heavy (non-hydrogen) atoms. The number of carbonyl (C=O) groups excluding carboxylic acids is 1. The molecule has 0 saturated carbocycles. The Balaban J connectivity index is 1.83. The number of nitrogens with one attached hydrogen (secondary N) is 2. The van der Waals surface area contributed by atoms with Gasteiger partial charge >= 0.3 is 0 Å². The van der Waals surface area contributed by atoms with E-state index in [-0.39, 0.29) is 18.3 Å². The molecule has 0 spiro atoms. The number of nitrogens with zero attached hydrogens (tertiary/aromatic N) is 1. The van der Waals surface area contributed by atoms with E-state index in [0.29, 0.717) is 17.8 Å². The summed E-state index contributed by atoms with van der Waals surface area (Å²) in [6.45, 7) is 4.52. The molecule has 4 nitrogen and oxygen atoms in total. The van der Waals surface area contributed by atoms with E-state index in [0.717, 1.165) is 12.8 Å². The van der Waals surface area contributed by atoms with E-state index in [2.05, 4.69) is 29.6 Å². The summed E-state index contributed by atoms with van der Waals surface area (Å²) < 4.78 is 13.0. The number of piperidine rings is 1. The summed E-state index contributed by atoms with van der Waals surface area (Å²) >= 11 is 0. The normalized spacial score (nSPS) is 23.6. The molecule has 1 saturated heterocycles. The summed E-state index contributed by atoms with van der Waals surface area (Å²) in [5.41, 5.74) is 3.67. The van der Waals surface area contributed by atoms with E-state index in [1.807, 2.05) is 0 Å². The van der Waals surface area contributed by atoms with Gasteiger partial charge in [0.25, 0.3) is 0 Å². The lowest BCUT2D eigenvalue weighted by Gasteiger charge is -2.38. The van der Waals surface area contributed by atoms with Crippen LogP contribution >= 0.6 is 0 Å². The van der Waals surface area contributed by atoms with Gasteiger partial charge in [-0.2, -0.15) is 0 Å². The lowest BCUT2D eigenvalue weighted by molar-refractivity contribution is -0.117. The lowest BCUT2D eigenvalue weighted by Crippen LogP contribution is -2.53. The highest BCUT2D eigenvalue weighted by Gasteiger charge is 2.24. The van der Waals surface area contributed by atoms with Gasteiger partial charge in [0.2, 0.25) is 5.91 Å². The Labute approximate surface area is 119 Å². The maximum absolute atomic E-state index is 13.0. The first-order valence-electron chi connectivity index (χ1n) is 7.13. The zero-order chi connectivity index (χ0) is 14.5. The summed E-state index contributed by atoms with van der Waals surface area (Å²) in [5.74, 6) is -0.519. The third-order valence-corrected chi connectivity index (χ3v) is 3.72. The first-order chi connectivity index (χ1) is 9.56. The number of hydrogen-bond donors (Lipinski definition) is 2. The Morgan fingerprint density at radius 2 is 2.05 bits per heavy atom. The van der Waals surface area contributed by atoms with Crippen LogP contribution in [0.5, 0.6) is 0 Å². The SMILES string of the molecule is CC1CCCC(C)N1NCC(=O)Nc1cccc(F)c1. The fourth-order valence-electron chi connectivity index (χ4n) is 2.67. The van der Waals surface area contributed by atoms with Gasteiger partial charge in [-0.25, -0.2) is 14.8 Å². The van der Waals surface area contributed by atoms with Gasteiger partial charge in [-0.1, -0.05) is 12.5 Å². The highest BCUT2D eigenvalue weighted by molar-refractivity contribution is 5.92. The molecule has 1 aliphatic heterocycles. The molecule has 2 rings (SSSR count). The first kappa shape index (κ1) is 14.9. The van der Waals surface area contributed by atoms with Crippen LogP contribution in [0.4, 0.5) is 10.1 Å². The molecule has 0 aromatic heterocycles. The van der Waals surface area contributed by atoms with Crippen molar-refractivity contribution in [2.24, 2.45) is 0 Å². The highest BCUT2D eigenvalue weighted by Crippen LogP contribution is 2.20. The third-order valence-electron chi connectivity index (χ3n) is 3.72. The molecule has 1 aliphatic rings. The first-order valence-corrected chi connectivity index (χ1v) is 7.13. The zero-order valence-corrected chi connectivity index (χ0v) is 12.0. The van der Waals surface area contributed by atoms with Gasteiger partial charge in [-0.05, 0) is 44.9 Å². The Morgan fingerprint density at radius 3 is 2.70 bits per heavy atom. The van der Waals surface area contributed by atoms with Crippen LogP contribution in [0.25, 0.3) is 0 Å². The predicted octanol–water partition coefficient (Wildman–Crippen LogP) is 2.53. The van der Waals surface area contributed by atoms with E-state index in [1.165, 1.54) is 18.6 Å². The summed E-state index contributed by atoms with van der Waals surface area (Å²) in [4.78, 5) is 11.9. The minimum Gasteiger partial charge on any atom is -0.325 e. The molecule has 1 heterocycles. The highest BCUT2D eigenvalue weighted by atomic mass is 19.1. The molecule has 1 amide bonds. The predicted molar refractivity (Wildman–Crippen MR) is 77.6 cm³/mol. The Bertz CT molecular complexity index is 456. The van der Waals surface area contributed by atoms with E-state index in [1.54, 1.807) is 12.1 Å². The van der Waals surface area contributed by atoms with Gasteiger partial charge in [0.1, 0.15) is 5.82 Å². The number of halogens is 1. The molecule has 2 unspecified atom stereocenters. The van der Waals surface area contributed by atoms with Crippen molar-refractivity contribution in [2.75, 3.05) is 11.9 Å². The summed E-state index contributed by atoms with van der Waals surface area (Å²) in [6.07, 6.45) is 3.52. The number of amides is 1. The van der Waals surface area contributed by atoms with Gasteiger partial charge < -0.3 is 5.32 Å². The molecule has 2 atom stereocenters. The molecular weight excluding hydrogens is 257 g/mol. The van der Waals surface area contributed by atoms with Gasteiger partial charge in [-0.15, -0.1) is 0 Å². The molecule has 2 N–H and O–H groups in total. The maximum atomic E-state index is 13.0.